The Hall–Kier alpha value is -2.99. The van der Waals surface area contributed by atoms with Gasteiger partial charge in [-0.05, 0) is 12.1 Å². The van der Waals surface area contributed by atoms with Crippen molar-refractivity contribution in [2.45, 2.75) is 17.5 Å². The van der Waals surface area contributed by atoms with Crippen molar-refractivity contribution in [2.24, 2.45) is 0 Å². The molecule has 0 atom stereocenters. The van der Waals surface area contributed by atoms with Gasteiger partial charge in [-0.15, -0.1) is 5.10 Å². The molecule has 4 rings (SSSR count). The third-order valence-corrected chi connectivity index (χ3v) is 6.35. The first-order valence-electron chi connectivity index (χ1n) is 8.48. The van der Waals surface area contributed by atoms with Gasteiger partial charge >= 0.3 is 0 Å². The molecule has 0 unspecified atom stereocenters. The molecule has 0 bridgehead atoms. The molecule has 1 aromatic carbocycles. The SMILES string of the molecule is COc1ccc(S(=O)(=O)N2CC(n3cc(Cn4nccn4)nn3)C2)cc1OC. The van der Waals surface area contributed by atoms with Crippen molar-refractivity contribution in [1.82, 2.24) is 34.3 Å². The highest BCUT2D eigenvalue weighted by molar-refractivity contribution is 7.89. The Kier molecular flexibility index (Phi) is 4.73. The Morgan fingerprint density at radius 2 is 1.82 bits per heavy atom. The lowest BCUT2D eigenvalue weighted by molar-refractivity contribution is 0.188. The molecule has 1 fully saturated rings. The number of hydrogen-bond acceptors (Lipinski definition) is 8. The molecule has 2 aromatic heterocycles. The molecule has 12 heteroatoms. The maximum absolute atomic E-state index is 12.8. The molecule has 0 aliphatic carbocycles. The van der Waals surface area contributed by atoms with E-state index >= 15 is 0 Å². The molecule has 1 saturated heterocycles. The van der Waals surface area contributed by atoms with E-state index in [-0.39, 0.29) is 10.9 Å². The highest BCUT2D eigenvalue weighted by atomic mass is 32.2. The van der Waals surface area contributed by atoms with E-state index in [2.05, 4.69) is 20.5 Å². The predicted octanol–water partition coefficient (Wildman–Crippen LogP) is 0.181. The van der Waals surface area contributed by atoms with E-state index in [9.17, 15) is 8.42 Å². The first kappa shape index (κ1) is 18.4. The van der Waals surface area contributed by atoms with Gasteiger partial charge in [0.05, 0.1) is 43.7 Å². The molecule has 3 heterocycles. The summed E-state index contributed by atoms with van der Waals surface area (Å²) in [7, 11) is -0.655. The second kappa shape index (κ2) is 7.20. The van der Waals surface area contributed by atoms with Gasteiger partial charge in [0.2, 0.25) is 10.0 Å². The fourth-order valence-electron chi connectivity index (χ4n) is 2.94. The maximum atomic E-state index is 12.8. The number of benzene rings is 1. The van der Waals surface area contributed by atoms with Crippen molar-refractivity contribution in [1.29, 1.82) is 0 Å². The third-order valence-electron chi connectivity index (χ3n) is 4.52. The summed E-state index contributed by atoms with van der Waals surface area (Å²) in [4.78, 5) is 1.66. The third kappa shape index (κ3) is 3.31. The summed E-state index contributed by atoms with van der Waals surface area (Å²) in [6.07, 6.45) is 4.97. The lowest BCUT2D eigenvalue weighted by Crippen LogP contribution is -2.50. The minimum absolute atomic E-state index is 0.0678. The van der Waals surface area contributed by atoms with E-state index < -0.39 is 10.0 Å². The molecule has 11 nitrogen and oxygen atoms in total. The van der Waals surface area contributed by atoms with E-state index in [4.69, 9.17) is 9.47 Å². The van der Waals surface area contributed by atoms with Crippen LogP contribution in [0, 0.1) is 0 Å². The molecular weight excluding hydrogens is 386 g/mol. The summed E-state index contributed by atoms with van der Waals surface area (Å²) >= 11 is 0. The van der Waals surface area contributed by atoms with Crippen molar-refractivity contribution < 1.29 is 17.9 Å². The van der Waals surface area contributed by atoms with Crippen LogP contribution >= 0.6 is 0 Å². The highest BCUT2D eigenvalue weighted by Gasteiger charge is 2.38. The molecule has 3 aromatic rings. The van der Waals surface area contributed by atoms with Crippen LogP contribution in [-0.4, -0.2) is 70.0 Å². The lowest BCUT2D eigenvalue weighted by atomic mass is 10.2. The largest absolute Gasteiger partial charge is 0.493 e. The smallest absolute Gasteiger partial charge is 0.243 e. The zero-order valence-corrected chi connectivity index (χ0v) is 16.2. The second-order valence-electron chi connectivity index (χ2n) is 6.24. The van der Waals surface area contributed by atoms with E-state index in [1.807, 2.05) is 0 Å². The molecule has 1 aliphatic rings. The zero-order chi connectivity index (χ0) is 19.7. The van der Waals surface area contributed by atoms with Crippen molar-refractivity contribution in [3.8, 4) is 11.5 Å². The van der Waals surface area contributed by atoms with Crippen molar-refractivity contribution in [3.05, 3.63) is 42.5 Å². The van der Waals surface area contributed by atoms with Gasteiger partial charge in [-0.1, -0.05) is 5.21 Å². The van der Waals surface area contributed by atoms with Gasteiger partial charge in [-0.2, -0.15) is 19.3 Å². The van der Waals surface area contributed by atoms with E-state index in [1.54, 1.807) is 29.3 Å². The van der Waals surface area contributed by atoms with Gasteiger partial charge in [0, 0.05) is 19.2 Å². The standard InChI is InChI=1S/C16H19N7O4S/c1-26-15-4-3-14(7-16(15)27-2)28(24,25)21-10-13(11-21)22-8-12(19-20-22)9-23-17-5-6-18-23/h3-8,13H,9-11H2,1-2H3. The molecule has 0 saturated carbocycles. The summed E-state index contributed by atoms with van der Waals surface area (Å²) in [6.45, 7) is 1.05. The minimum atomic E-state index is -3.62. The number of ether oxygens (including phenoxy) is 2. The number of nitrogens with zero attached hydrogens (tertiary/aromatic N) is 7. The summed E-state index contributed by atoms with van der Waals surface area (Å²) in [5.41, 5.74) is 0.706. The molecule has 0 radical (unpaired) electrons. The molecule has 0 spiro atoms. The summed E-state index contributed by atoms with van der Waals surface area (Å²) < 4.78 is 39.1. The van der Waals surface area contributed by atoms with Crippen molar-refractivity contribution in [3.63, 3.8) is 0 Å². The zero-order valence-electron chi connectivity index (χ0n) is 15.3. The van der Waals surface area contributed by atoms with Crippen LogP contribution in [0.15, 0.2) is 41.7 Å². The van der Waals surface area contributed by atoms with Crippen LogP contribution in [0.25, 0.3) is 0 Å². The number of rotatable bonds is 7. The van der Waals surface area contributed by atoms with Gasteiger partial charge in [-0.25, -0.2) is 13.1 Å². The summed E-state index contributed by atoms with van der Waals surface area (Å²) in [5, 5.41) is 16.2. The molecule has 0 N–H and O–H groups in total. The first-order chi connectivity index (χ1) is 13.5. The number of methoxy groups -OCH3 is 2. The van der Waals surface area contributed by atoms with E-state index in [1.165, 1.54) is 35.5 Å². The van der Waals surface area contributed by atoms with E-state index in [0.29, 0.717) is 36.8 Å². The molecular formula is C16H19N7O4S. The van der Waals surface area contributed by atoms with Gasteiger partial charge in [-0.3, -0.25) is 0 Å². The van der Waals surface area contributed by atoms with Crippen LogP contribution < -0.4 is 9.47 Å². The normalized spacial score (nSPS) is 15.4. The molecule has 148 valence electrons. The van der Waals surface area contributed by atoms with Crippen LogP contribution in [-0.2, 0) is 16.6 Å². The average Bonchev–Trinajstić information content (AvgIpc) is 3.32. The van der Waals surface area contributed by atoms with Crippen LogP contribution in [0.2, 0.25) is 0 Å². The maximum Gasteiger partial charge on any atom is 0.243 e. The van der Waals surface area contributed by atoms with Crippen LogP contribution in [0.5, 0.6) is 11.5 Å². The van der Waals surface area contributed by atoms with Crippen molar-refractivity contribution in [2.75, 3.05) is 27.3 Å². The second-order valence-corrected chi connectivity index (χ2v) is 8.18. The van der Waals surface area contributed by atoms with Gasteiger partial charge < -0.3 is 9.47 Å². The Bertz CT molecular complexity index is 1060. The van der Waals surface area contributed by atoms with Gasteiger partial charge in [0.25, 0.3) is 0 Å². The number of sulfonamides is 1. The van der Waals surface area contributed by atoms with Crippen LogP contribution in [0.4, 0.5) is 0 Å². The number of aromatic nitrogens is 6. The number of hydrogen-bond donors (Lipinski definition) is 0. The highest BCUT2D eigenvalue weighted by Crippen LogP contribution is 2.33. The Morgan fingerprint density at radius 1 is 1.11 bits per heavy atom. The minimum Gasteiger partial charge on any atom is -0.493 e. The monoisotopic (exact) mass is 405 g/mol. The van der Waals surface area contributed by atoms with E-state index in [0.717, 1.165) is 0 Å². The Labute approximate surface area is 161 Å². The Balaban J connectivity index is 1.44. The van der Waals surface area contributed by atoms with Crippen LogP contribution in [0.3, 0.4) is 0 Å². The first-order valence-corrected chi connectivity index (χ1v) is 9.92. The molecule has 28 heavy (non-hydrogen) atoms. The van der Waals surface area contributed by atoms with Crippen molar-refractivity contribution >= 4 is 10.0 Å². The summed E-state index contributed by atoms with van der Waals surface area (Å²) in [5.74, 6) is 0.846. The fourth-order valence-corrected chi connectivity index (χ4v) is 4.47. The quantitative estimate of drug-likeness (QED) is 0.546. The Morgan fingerprint density at radius 3 is 2.50 bits per heavy atom. The predicted molar refractivity (Wildman–Crippen MR) is 96.5 cm³/mol. The molecule has 1 aliphatic heterocycles. The summed E-state index contributed by atoms with van der Waals surface area (Å²) in [6, 6.07) is 4.48. The lowest BCUT2D eigenvalue weighted by Gasteiger charge is -2.37. The topological polar surface area (TPSA) is 117 Å². The van der Waals surface area contributed by atoms with Crippen LogP contribution in [0.1, 0.15) is 11.7 Å². The van der Waals surface area contributed by atoms with Gasteiger partial charge in [0.15, 0.2) is 11.5 Å². The molecule has 0 amide bonds. The fraction of sp³-hybridized carbons (Fsp3) is 0.375. The van der Waals surface area contributed by atoms with Gasteiger partial charge in [0.1, 0.15) is 12.2 Å². The average molecular weight is 405 g/mol.